The van der Waals surface area contributed by atoms with Gasteiger partial charge in [0.1, 0.15) is 5.82 Å². The third-order valence-corrected chi connectivity index (χ3v) is 5.06. The zero-order chi connectivity index (χ0) is 14.8. The van der Waals surface area contributed by atoms with Crippen LogP contribution in [0.15, 0.2) is 6.20 Å². The fourth-order valence-electron chi connectivity index (χ4n) is 2.48. The van der Waals surface area contributed by atoms with Crippen molar-refractivity contribution in [3.63, 3.8) is 0 Å². The molecule has 1 aliphatic rings. The molecule has 0 saturated carbocycles. The Labute approximate surface area is 120 Å². The van der Waals surface area contributed by atoms with E-state index in [4.69, 9.17) is 0 Å². The Hall–Kier alpha value is -1.05. The molecule has 2 heterocycles. The molecule has 0 unspecified atom stereocenters. The summed E-state index contributed by atoms with van der Waals surface area (Å²) >= 11 is 0. The molecule has 0 aliphatic carbocycles. The summed E-state index contributed by atoms with van der Waals surface area (Å²) in [5, 5.41) is 0. The van der Waals surface area contributed by atoms with E-state index in [-0.39, 0.29) is 18.3 Å². The van der Waals surface area contributed by atoms with Gasteiger partial charge in [0.2, 0.25) is 10.0 Å². The fraction of sp³-hybridized carbons (Fsp3) is 0.692. The van der Waals surface area contributed by atoms with E-state index in [1.165, 1.54) is 0 Å². The highest BCUT2D eigenvalue weighted by molar-refractivity contribution is 7.89. The first-order valence-electron chi connectivity index (χ1n) is 6.93. The molecule has 1 aliphatic heterocycles. The van der Waals surface area contributed by atoms with Gasteiger partial charge in [-0.05, 0) is 40.3 Å². The van der Waals surface area contributed by atoms with Gasteiger partial charge in [0.05, 0.1) is 17.5 Å². The Morgan fingerprint density at radius 3 is 2.85 bits per heavy atom. The Morgan fingerprint density at radius 1 is 1.50 bits per heavy atom. The van der Waals surface area contributed by atoms with Crippen molar-refractivity contribution in [2.45, 2.75) is 39.3 Å². The van der Waals surface area contributed by atoms with Crippen LogP contribution >= 0.6 is 0 Å². The van der Waals surface area contributed by atoms with Crippen molar-refractivity contribution in [1.29, 1.82) is 0 Å². The predicted molar refractivity (Wildman–Crippen MR) is 77.7 cm³/mol. The monoisotopic (exact) mass is 298 g/mol. The molecule has 7 heteroatoms. The van der Waals surface area contributed by atoms with Crippen molar-refractivity contribution in [3.05, 3.63) is 23.3 Å². The summed E-state index contributed by atoms with van der Waals surface area (Å²) < 4.78 is 25.7. The molecule has 1 saturated heterocycles. The molecule has 0 bridgehead atoms. The van der Waals surface area contributed by atoms with Gasteiger partial charge in [0, 0.05) is 18.3 Å². The molecule has 112 valence electrons. The minimum atomic E-state index is -3.20. The topological polar surface area (TPSA) is 75.2 Å². The first kappa shape index (κ1) is 15.3. The molecular weight excluding hydrogens is 276 g/mol. The molecule has 0 aromatic carbocycles. The van der Waals surface area contributed by atoms with Crippen molar-refractivity contribution in [3.8, 4) is 0 Å². The number of hydrogen-bond donors (Lipinski definition) is 1. The number of likely N-dealkylation sites (tertiary alicyclic amines) is 1. The van der Waals surface area contributed by atoms with Gasteiger partial charge in [-0.2, -0.15) is 0 Å². The molecule has 0 amide bonds. The molecule has 1 atom stereocenters. The van der Waals surface area contributed by atoms with Gasteiger partial charge in [-0.1, -0.05) is 0 Å². The summed E-state index contributed by atoms with van der Waals surface area (Å²) in [5.74, 6) is 0.806. The number of hydrogen-bond acceptors (Lipinski definition) is 5. The van der Waals surface area contributed by atoms with Gasteiger partial charge in [0.15, 0.2) is 0 Å². The summed E-state index contributed by atoms with van der Waals surface area (Å²) in [5.41, 5.74) is 1.82. The molecule has 1 aromatic rings. The van der Waals surface area contributed by atoms with Gasteiger partial charge in [-0.15, -0.1) is 0 Å². The normalized spacial score (nSPS) is 20.4. The van der Waals surface area contributed by atoms with Crippen LogP contribution in [-0.2, 0) is 16.6 Å². The maximum absolute atomic E-state index is 11.6. The quantitative estimate of drug-likeness (QED) is 0.877. The number of aryl methyl sites for hydroxylation is 1. The Balaban J connectivity index is 2.24. The van der Waals surface area contributed by atoms with E-state index >= 15 is 0 Å². The molecule has 1 aromatic heterocycles. The number of nitrogens with one attached hydrogen (secondary N) is 1. The van der Waals surface area contributed by atoms with E-state index in [0.717, 1.165) is 36.5 Å². The van der Waals surface area contributed by atoms with E-state index in [9.17, 15) is 8.42 Å². The van der Waals surface area contributed by atoms with Crippen LogP contribution in [0.25, 0.3) is 0 Å². The zero-order valence-corrected chi connectivity index (χ0v) is 13.1. The lowest BCUT2D eigenvalue weighted by atomic mass is 10.1. The molecule has 0 spiro atoms. The largest absolute Gasteiger partial charge is 0.298 e. The van der Waals surface area contributed by atoms with Gasteiger partial charge < -0.3 is 0 Å². The van der Waals surface area contributed by atoms with E-state index in [0.29, 0.717) is 0 Å². The second-order valence-corrected chi connectivity index (χ2v) is 7.29. The predicted octanol–water partition coefficient (Wildman–Crippen LogP) is 0.991. The van der Waals surface area contributed by atoms with Gasteiger partial charge in [-0.3, -0.25) is 4.90 Å². The molecule has 1 N–H and O–H groups in total. The summed E-state index contributed by atoms with van der Waals surface area (Å²) in [6.07, 6.45) is 3.94. The minimum Gasteiger partial charge on any atom is -0.298 e. The summed E-state index contributed by atoms with van der Waals surface area (Å²) in [6, 6.07) is 0.262. The number of sulfonamides is 1. The van der Waals surface area contributed by atoms with Crippen LogP contribution in [0.5, 0.6) is 0 Å². The highest BCUT2D eigenvalue weighted by atomic mass is 32.2. The first-order chi connectivity index (χ1) is 9.43. The zero-order valence-electron chi connectivity index (χ0n) is 12.3. The first-order valence-corrected chi connectivity index (χ1v) is 8.58. The number of nitrogens with zero attached hydrogens (tertiary/aromatic N) is 3. The third kappa shape index (κ3) is 3.53. The molecule has 2 rings (SSSR count). The average molecular weight is 298 g/mol. The smallest absolute Gasteiger partial charge is 0.211 e. The van der Waals surface area contributed by atoms with E-state index < -0.39 is 10.0 Å². The van der Waals surface area contributed by atoms with Crippen molar-refractivity contribution < 1.29 is 8.42 Å². The average Bonchev–Trinajstić information content (AvgIpc) is 2.83. The highest BCUT2D eigenvalue weighted by Crippen LogP contribution is 2.31. The summed E-state index contributed by atoms with van der Waals surface area (Å²) in [7, 11) is -1.12. The third-order valence-electron chi connectivity index (χ3n) is 3.72. The number of aromatic nitrogens is 2. The lowest BCUT2D eigenvalue weighted by Crippen LogP contribution is -2.27. The SMILES string of the molecule is CCS(=O)(=O)NCc1cnc(C)nc1[C@H]1CCCN1C. The van der Waals surface area contributed by atoms with E-state index in [1.807, 2.05) is 6.92 Å². The van der Waals surface area contributed by atoms with Crippen molar-refractivity contribution in [2.24, 2.45) is 0 Å². The molecule has 20 heavy (non-hydrogen) atoms. The maximum atomic E-state index is 11.6. The lowest BCUT2D eigenvalue weighted by Gasteiger charge is -2.21. The second-order valence-electron chi connectivity index (χ2n) is 5.19. The van der Waals surface area contributed by atoms with Crippen LogP contribution in [0.2, 0.25) is 0 Å². The second kappa shape index (κ2) is 6.15. The van der Waals surface area contributed by atoms with Crippen LogP contribution in [0.3, 0.4) is 0 Å². The Kier molecular flexibility index (Phi) is 4.72. The van der Waals surface area contributed by atoms with Gasteiger partial charge in [-0.25, -0.2) is 23.1 Å². The van der Waals surface area contributed by atoms with Crippen molar-refractivity contribution in [1.82, 2.24) is 19.6 Å². The Bertz CT molecular complexity index is 574. The standard InChI is InChI=1S/C13H22N4O2S/c1-4-20(18,19)15-9-11-8-14-10(2)16-13(11)12-6-5-7-17(12)3/h8,12,15H,4-7,9H2,1-3H3/t12-/m1/s1. The van der Waals surface area contributed by atoms with Crippen LogP contribution in [0.4, 0.5) is 0 Å². The van der Waals surface area contributed by atoms with E-state index in [2.05, 4.69) is 26.6 Å². The lowest BCUT2D eigenvalue weighted by molar-refractivity contribution is 0.309. The maximum Gasteiger partial charge on any atom is 0.211 e. The van der Waals surface area contributed by atoms with E-state index in [1.54, 1.807) is 13.1 Å². The molecular formula is C13H22N4O2S. The van der Waals surface area contributed by atoms with Crippen molar-refractivity contribution >= 4 is 10.0 Å². The highest BCUT2D eigenvalue weighted by Gasteiger charge is 2.26. The van der Waals surface area contributed by atoms with Crippen LogP contribution in [0.1, 0.15) is 42.9 Å². The van der Waals surface area contributed by atoms with Crippen molar-refractivity contribution in [2.75, 3.05) is 19.3 Å². The molecule has 6 nitrogen and oxygen atoms in total. The van der Waals surface area contributed by atoms with Crippen LogP contribution in [-0.4, -0.2) is 42.6 Å². The molecule has 1 fully saturated rings. The fourth-order valence-corrected chi connectivity index (χ4v) is 3.06. The van der Waals surface area contributed by atoms with Crippen LogP contribution < -0.4 is 4.72 Å². The summed E-state index contributed by atoms with van der Waals surface area (Å²) in [6.45, 7) is 4.79. The van der Waals surface area contributed by atoms with Gasteiger partial charge in [0.25, 0.3) is 0 Å². The minimum absolute atomic E-state index is 0.0817. The Morgan fingerprint density at radius 2 is 2.25 bits per heavy atom. The number of rotatable bonds is 5. The van der Waals surface area contributed by atoms with Crippen LogP contribution in [0, 0.1) is 6.92 Å². The van der Waals surface area contributed by atoms with Gasteiger partial charge >= 0.3 is 0 Å². The summed E-state index contributed by atoms with van der Waals surface area (Å²) in [4.78, 5) is 11.0. The molecule has 0 radical (unpaired) electrons.